The molecule has 1 atom stereocenters. The third-order valence-corrected chi connectivity index (χ3v) is 3.16. The van der Waals surface area contributed by atoms with E-state index in [-0.39, 0.29) is 0 Å². The monoisotopic (exact) mass is 248 g/mol. The molecule has 0 aromatic carbocycles. The largest absolute Gasteiger partial charge is 0.481 e. The van der Waals surface area contributed by atoms with Crippen molar-refractivity contribution in [3.8, 4) is 5.88 Å². The number of imidazole rings is 1. The van der Waals surface area contributed by atoms with Crippen LogP contribution in [0.3, 0.4) is 0 Å². The number of methoxy groups -OCH3 is 1. The summed E-state index contributed by atoms with van der Waals surface area (Å²) in [5, 5.41) is 0. The number of aromatic nitrogens is 3. The fourth-order valence-electron chi connectivity index (χ4n) is 2.15. The minimum atomic E-state index is 0.301. The molecular weight excluding hydrogens is 228 g/mol. The van der Waals surface area contributed by atoms with E-state index in [0.717, 1.165) is 17.6 Å². The van der Waals surface area contributed by atoms with Crippen molar-refractivity contribution >= 4 is 17.1 Å². The molecule has 0 spiro atoms. The number of pyridine rings is 1. The van der Waals surface area contributed by atoms with Crippen LogP contribution in [0, 0.1) is 0 Å². The Morgan fingerprint density at radius 2 is 2.17 bits per heavy atom. The number of nitrogen functional groups attached to an aromatic ring is 1. The van der Waals surface area contributed by atoms with Gasteiger partial charge in [0.2, 0.25) is 11.8 Å². The smallest absolute Gasteiger partial charge is 0.215 e. The summed E-state index contributed by atoms with van der Waals surface area (Å²) >= 11 is 0. The highest BCUT2D eigenvalue weighted by atomic mass is 16.5. The number of nitrogens with zero attached hydrogens (tertiary/aromatic N) is 3. The maximum Gasteiger partial charge on any atom is 0.215 e. The summed E-state index contributed by atoms with van der Waals surface area (Å²) < 4.78 is 7.15. The number of nitrogens with two attached hydrogens (primary N) is 1. The zero-order valence-corrected chi connectivity index (χ0v) is 11.2. The lowest BCUT2D eigenvalue weighted by Gasteiger charge is -2.15. The van der Waals surface area contributed by atoms with Crippen LogP contribution in [0.5, 0.6) is 5.88 Å². The summed E-state index contributed by atoms with van der Waals surface area (Å²) in [6.45, 7) is 4.33. The average molecular weight is 248 g/mol. The van der Waals surface area contributed by atoms with Gasteiger partial charge in [-0.15, -0.1) is 0 Å². The van der Waals surface area contributed by atoms with Gasteiger partial charge in [0, 0.05) is 12.1 Å². The Morgan fingerprint density at radius 1 is 1.39 bits per heavy atom. The molecule has 18 heavy (non-hydrogen) atoms. The van der Waals surface area contributed by atoms with Crippen LogP contribution in [-0.4, -0.2) is 21.6 Å². The molecule has 0 radical (unpaired) electrons. The lowest BCUT2D eigenvalue weighted by atomic mass is 10.1. The number of anilines is 1. The van der Waals surface area contributed by atoms with Gasteiger partial charge in [-0.1, -0.05) is 19.8 Å². The minimum absolute atomic E-state index is 0.301. The first-order valence-electron chi connectivity index (χ1n) is 6.35. The Hall–Kier alpha value is -1.78. The molecule has 5 nitrogen and oxygen atoms in total. The van der Waals surface area contributed by atoms with Crippen molar-refractivity contribution in [3.05, 3.63) is 12.1 Å². The van der Waals surface area contributed by atoms with Gasteiger partial charge in [-0.3, -0.25) is 4.57 Å². The summed E-state index contributed by atoms with van der Waals surface area (Å²) in [6.07, 6.45) is 3.42. The second kappa shape index (κ2) is 5.25. The lowest BCUT2D eigenvalue weighted by molar-refractivity contribution is 0.398. The van der Waals surface area contributed by atoms with Gasteiger partial charge >= 0.3 is 0 Å². The van der Waals surface area contributed by atoms with Gasteiger partial charge in [0.25, 0.3) is 0 Å². The first-order valence-corrected chi connectivity index (χ1v) is 6.35. The first-order chi connectivity index (χ1) is 8.67. The van der Waals surface area contributed by atoms with Crippen molar-refractivity contribution in [2.24, 2.45) is 0 Å². The number of ether oxygens (including phenoxy) is 1. The predicted octanol–water partition coefficient (Wildman–Crippen LogP) is 2.77. The molecular formula is C13H20N4O. The molecule has 2 heterocycles. The van der Waals surface area contributed by atoms with Crippen LogP contribution in [-0.2, 0) is 0 Å². The van der Waals surface area contributed by atoms with Gasteiger partial charge in [-0.05, 0) is 19.4 Å². The summed E-state index contributed by atoms with van der Waals surface area (Å²) in [4.78, 5) is 8.78. The van der Waals surface area contributed by atoms with Crippen LogP contribution in [0.2, 0.25) is 0 Å². The Balaban J connectivity index is 2.44. The van der Waals surface area contributed by atoms with Crippen LogP contribution < -0.4 is 10.5 Å². The third-order valence-electron chi connectivity index (χ3n) is 3.16. The number of hydrogen-bond acceptors (Lipinski definition) is 4. The number of unbranched alkanes of at least 4 members (excludes halogenated alkanes) is 1. The van der Waals surface area contributed by atoms with Crippen molar-refractivity contribution in [2.75, 3.05) is 12.8 Å². The predicted molar refractivity (Wildman–Crippen MR) is 72.7 cm³/mol. The van der Waals surface area contributed by atoms with Crippen molar-refractivity contribution in [2.45, 2.75) is 39.2 Å². The molecule has 0 saturated heterocycles. The molecule has 2 rings (SSSR count). The molecule has 2 aromatic rings. The average Bonchev–Trinajstić information content (AvgIpc) is 2.70. The van der Waals surface area contributed by atoms with E-state index in [9.17, 15) is 0 Å². The van der Waals surface area contributed by atoms with E-state index in [0.29, 0.717) is 17.9 Å². The van der Waals surface area contributed by atoms with Gasteiger partial charge < -0.3 is 10.5 Å². The van der Waals surface area contributed by atoms with Crippen LogP contribution >= 0.6 is 0 Å². The summed E-state index contributed by atoms with van der Waals surface area (Å²) in [6, 6.07) is 3.99. The molecule has 0 amide bonds. The maximum atomic E-state index is 5.99. The zero-order valence-electron chi connectivity index (χ0n) is 11.2. The van der Waals surface area contributed by atoms with E-state index in [1.54, 1.807) is 13.2 Å². The van der Waals surface area contributed by atoms with Crippen molar-refractivity contribution in [1.29, 1.82) is 0 Å². The highest BCUT2D eigenvalue weighted by Gasteiger charge is 2.15. The number of rotatable bonds is 5. The molecule has 5 heteroatoms. The van der Waals surface area contributed by atoms with Crippen LogP contribution in [0.25, 0.3) is 11.2 Å². The maximum absolute atomic E-state index is 5.99. The number of hydrogen-bond donors (Lipinski definition) is 1. The SMILES string of the molecule is CCCCC(C)n1c(N)nc2ccc(OC)nc21. The molecule has 0 aliphatic rings. The minimum Gasteiger partial charge on any atom is -0.481 e. The molecule has 1 unspecified atom stereocenters. The Bertz CT molecular complexity index is 535. The van der Waals surface area contributed by atoms with E-state index in [2.05, 4.69) is 23.8 Å². The molecule has 98 valence electrons. The fraction of sp³-hybridized carbons (Fsp3) is 0.538. The lowest BCUT2D eigenvalue weighted by Crippen LogP contribution is -2.09. The normalized spacial score (nSPS) is 12.8. The quantitative estimate of drug-likeness (QED) is 0.883. The van der Waals surface area contributed by atoms with Crippen molar-refractivity contribution in [3.63, 3.8) is 0 Å². The standard InChI is InChI=1S/C13H20N4O/c1-4-5-6-9(2)17-12-10(15-13(17)14)7-8-11(16-12)18-3/h7-9H,4-6H2,1-3H3,(H2,14,15). The second-order valence-corrected chi connectivity index (χ2v) is 4.53. The number of fused-ring (bicyclic) bond motifs is 1. The molecule has 0 bridgehead atoms. The van der Waals surface area contributed by atoms with Crippen molar-refractivity contribution < 1.29 is 4.74 Å². The van der Waals surface area contributed by atoms with Gasteiger partial charge in [0.05, 0.1) is 7.11 Å². The molecule has 0 saturated carbocycles. The van der Waals surface area contributed by atoms with Gasteiger partial charge in [0.15, 0.2) is 5.65 Å². The first kappa shape index (κ1) is 12.7. The summed E-state index contributed by atoms with van der Waals surface area (Å²) in [7, 11) is 1.61. The Labute approximate surface area is 107 Å². The molecule has 0 fully saturated rings. The van der Waals surface area contributed by atoms with Gasteiger partial charge in [-0.2, -0.15) is 4.98 Å². The van der Waals surface area contributed by atoms with E-state index in [1.165, 1.54) is 12.8 Å². The van der Waals surface area contributed by atoms with E-state index in [4.69, 9.17) is 10.5 Å². The molecule has 2 aromatic heterocycles. The fourth-order valence-corrected chi connectivity index (χ4v) is 2.15. The van der Waals surface area contributed by atoms with Crippen LogP contribution in [0.4, 0.5) is 5.95 Å². The zero-order chi connectivity index (χ0) is 13.1. The van der Waals surface area contributed by atoms with E-state index >= 15 is 0 Å². The second-order valence-electron chi connectivity index (χ2n) is 4.53. The molecule has 0 aliphatic heterocycles. The third kappa shape index (κ3) is 2.25. The van der Waals surface area contributed by atoms with Crippen LogP contribution in [0.1, 0.15) is 39.2 Å². The van der Waals surface area contributed by atoms with E-state index < -0.39 is 0 Å². The highest BCUT2D eigenvalue weighted by molar-refractivity contribution is 5.75. The van der Waals surface area contributed by atoms with Gasteiger partial charge in [-0.25, -0.2) is 4.98 Å². The topological polar surface area (TPSA) is 66.0 Å². The highest BCUT2D eigenvalue weighted by Crippen LogP contribution is 2.25. The Kier molecular flexibility index (Phi) is 3.69. The van der Waals surface area contributed by atoms with Crippen molar-refractivity contribution in [1.82, 2.24) is 14.5 Å². The van der Waals surface area contributed by atoms with E-state index in [1.807, 2.05) is 10.6 Å². The summed E-state index contributed by atoms with van der Waals surface area (Å²) in [5.74, 6) is 1.11. The van der Waals surface area contributed by atoms with Crippen LogP contribution in [0.15, 0.2) is 12.1 Å². The molecule has 0 aliphatic carbocycles. The Morgan fingerprint density at radius 3 is 2.83 bits per heavy atom. The molecule has 2 N–H and O–H groups in total. The summed E-state index contributed by atoms with van der Waals surface area (Å²) in [5.41, 5.74) is 7.61. The van der Waals surface area contributed by atoms with Gasteiger partial charge in [0.1, 0.15) is 5.52 Å².